The Morgan fingerprint density at radius 3 is 1.96 bits per heavy atom. The second-order valence-corrected chi connectivity index (χ2v) is 6.45. The molecule has 0 aliphatic heterocycles. The highest BCUT2D eigenvalue weighted by Crippen LogP contribution is 2.39. The maximum atomic E-state index is 13.4. The Labute approximate surface area is 133 Å². The van der Waals surface area contributed by atoms with Crippen LogP contribution in [0.2, 0.25) is 0 Å². The monoisotopic (exact) mass is 321 g/mol. The van der Waals surface area contributed by atoms with Crippen molar-refractivity contribution in [3.05, 3.63) is 59.2 Å². The SMILES string of the molecule is CC(C)(C)c1ccc(-c2ccc(C(N)=O)cc2)c(C(F)(F)F)c1. The maximum absolute atomic E-state index is 13.4. The molecule has 2 nitrogen and oxygen atoms in total. The van der Waals surface area contributed by atoms with Crippen molar-refractivity contribution in [2.24, 2.45) is 5.73 Å². The molecule has 2 aromatic carbocycles. The van der Waals surface area contributed by atoms with Gasteiger partial charge in [-0.1, -0.05) is 45.0 Å². The number of halogens is 3. The molecule has 2 rings (SSSR count). The smallest absolute Gasteiger partial charge is 0.366 e. The Balaban J connectivity index is 2.60. The van der Waals surface area contributed by atoms with Gasteiger partial charge in [0.15, 0.2) is 0 Å². The Kier molecular flexibility index (Phi) is 4.24. The van der Waals surface area contributed by atoms with Gasteiger partial charge in [0.1, 0.15) is 0 Å². The van der Waals surface area contributed by atoms with E-state index >= 15 is 0 Å². The van der Waals surface area contributed by atoms with Crippen molar-refractivity contribution in [3.8, 4) is 11.1 Å². The summed E-state index contributed by atoms with van der Waals surface area (Å²) in [5.74, 6) is -0.615. The average Bonchev–Trinajstić information content (AvgIpc) is 2.45. The van der Waals surface area contributed by atoms with E-state index in [-0.39, 0.29) is 16.5 Å². The summed E-state index contributed by atoms with van der Waals surface area (Å²) in [7, 11) is 0. The molecule has 0 heterocycles. The van der Waals surface area contributed by atoms with Crippen LogP contribution in [0.25, 0.3) is 11.1 Å². The van der Waals surface area contributed by atoms with E-state index in [0.717, 1.165) is 0 Å². The van der Waals surface area contributed by atoms with Crippen LogP contribution in [-0.2, 0) is 11.6 Å². The molecule has 0 aromatic heterocycles. The number of benzene rings is 2. The highest BCUT2D eigenvalue weighted by Gasteiger charge is 2.34. The number of amides is 1. The van der Waals surface area contributed by atoms with Crippen LogP contribution in [0.4, 0.5) is 13.2 Å². The van der Waals surface area contributed by atoms with Gasteiger partial charge in [-0.05, 0) is 40.3 Å². The zero-order valence-electron chi connectivity index (χ0n) is 13.2. The van der Waals surface area contributed by atoms with Crippen molar-refractivity contribution >= 4 is 5.91 Å². The number of nitrogens with two attached hydrogens (primary N) is 1. The number of carbonyl (C=O) groups is 1. The molecule has 0 spiro atoms. The van der Waals surface area contributed by atoms with Crippen LogP contribution in [0.3, 0.4) is 0 Å². The van der Waals surface area contributed by atoms with Crippen molar-refractivity contribution in [1.82, 2.24) is 0 Å². The third-order valence-electron chi connectivity index (χ3n) is 3.67. The summed E-state index contributed by atoms with van der Waals surface area (Å²) >= 11 is 0. The van der Waals surface area contributed by atoms with Crippen molar-refractivity contribution in [3.63, 3.8) is 0 Å². The van der Waals surface area contributed by atoms with Crippen molar-refractivity contribution < 1.29 is 18.0 Å². The quantitative estimate of drug-likeness (QED) is 0.851. The van der Waals surface area contributed by atoms with Gasteiger partial charge < -0.3 is 5.73 Å². The van der Waals surface area contributed by atoms with Gasteiger partial charge in [0, 0.05) is 5.56 Å². The summed E-state index contributed by atoms with van der Waals surface area (Å²) in [6, 6.07) is 10.2. The number of primary amides is 1. The molecule has 0 bridgehead atoms. The predicted octanol–water partition coefficient (Wildman–Crippen LogP) is 4.77. The number of hydrogen-bond acceptors (Lipinski definition) is 1. The maximum Gasteiger partial charge on any atom is 0.417 e. The van der Waals surface area contributed by atoms with E-state index in [4.69, 9.17) is 5.73 Å². The zero-order chi connectivity index (χ0) is 17.4. The van der Waals surface area contributed by atoms with Crippen molar-refractivity contribution in [1.29, 1.82) is 0 Å². The molecule has 0 aliphatic rings. The van der Waals surface area contributed by atoms with Crippen molar-refractivity contribution in [2.75, 3.05) is 0 Å². The van der Waals surface area contributed by atoms with Crippen LogP contribution in [0.15, 0.2) is 42.5 Å². The fourth-order valence-corrected chi connectivity index (χ4v) is 2.31. The minimum Gasteiger partial charge on any atom is -0.366 e. The van der Waals surface area contributed by atoms with Gasteiger partial charge in [-0.15, -0.1) is 0 Å². The molecule has 0 saturated heterocycles. The Morgan fingerprint density at radius 2 is 1.52 bits per heavy atom. The zero-order valence-corrected chi connectivity index (χ0v) is 13.2. The van der Waals surface area contributed by atoms with Gasteiger partial charge >= 0.3 is 6.18 Å². The van der Waals surface area contributed by atoms with Gasteiger partial charge in [-0.3, -0.25) is 4.79 Å². The van der Waals surface area contributed by atoms with E-state index in [1.54, 1.807) is 6.07 Å². The van der Waals surface area contributed by atoms with Gasteiger partial charge in [-0.25, -0.2) is 0 Å². The number of rotatable bonds is 2. The molecule has 5 heteroatoms. The van der Waals surface area contributed by atoms with E-state index < -0.39 is 17.6 Å². The van der Waals surface area contributed by atoms with Crippen LogP contribution in [0, 0.1) is 0 Å². The highest BCUT2D eigenvalue weighted by molar-refractivity contribution is 5.93. The molecule has 0 unspecified atom stereocenters. The van der Waals surface area contributed by atoms with Gasteiger partial charge in [0.25, 0.3) is 0 Å². The summed E-state index contributed by atoms with van der Waals surface area (Å²) in [5.41, 5.74) is 5.43. The summed E-state index contributed by atoms with van der Waals surface area (Å²) in [5, 5.41) is 0. The molecular formula is C18H18F3NO. The minimum absolute atomic E-state index is 0.0847. The predicted molar refractivity (Wildman–Crippen MR) is 84.1 cm³/mol. The molecule has 0 fully saturated rings. The van der Waals surface area contributed by atoms with Crippen LogP contribution >= 0.6 is 0 Å². The van der Waals surface area contributed by atoms with E-state index in [1.165, 1.54) is 36.4 Å². The molecular weight excluding hydrogens is 303 g/mol. The first kappa shape index (κ1) is 17.1. The molecule has 0 radical (unpaired) electrons. The van der Waals surface area contributed by atoms with Crippen LogP contribution < -0.4 is 5.73 Å². The first-order valence-electron chi connectivity index (χ1n) is 7.12. The normalized spacial score (nSPS) is 12.3. The molecule has 122 valence electrons. The lowest BCUT2D eigenvalue weighted by Crippen LogP contribution is -2.15. The standard InChI is InChI=1S/C18H18F3NO/c1-17(2,3)13-8-9-14(15(10-13)18(19,20)21)11-4-6-12(7-5-11)16(22)23/h4-10H,1-3H3,(H2,22,23). The number of alkyl halides is 3. The van der Waals surface area contributed by atoms with Crippen molar-refractivity contribution in [2.45, 2.75) is 32.4 Å². The second-order valence-electron chi connectivity index (χ2n) is 6.45. The second kappa shape index (κ2) is 5.72. The Hall–Kier alpha value is -2.30. The average molecular weight is 321 g/mol. The van der Waals surface area contributed by atoms with Gasteiger partial charge in [0.05, 0.1) is 5.56 Å². The summed E-state index contributed by atoms with van der Waals surface area (Å²) in [6.45, 7) is 5.59. The minimum atomic E-state index is -4.46. The molecule has 23 heavy (non-hydrogen) atoms. The lowest BCUT2D eigenvalue weighted by atomic mass is 9.84. The first-order valence-corrected chi connectivity index (χ1v) is 7.12. The summed E-state index contributed by atoms with van der Waals surface area (Å²) in [6.07, 6.45) is -4.46. The van der Waals surface area contributed by atoms with Crippen LogP contribution in [0.5, 0.6) is 0 Å². The molecule has 1 amide bonds. The van der Waals surface area contributed by atoms with Gasteiger partial charge in [-0.2, -0.15) is 13.2 Å². The third-order valence-corrected chi connectivity index (χ3v) is 3.67. The van der Waals surface area contributed by atoms with Crippen LogP contribution in [0.1, 0.15) is 42.3 Å². The van der Waals surface area contributed by atoms with E-state index in [2.05, 4.69) is 0 Å². The third kappa shape index (κ3) is 3.73. The molecule has 2 aromatic rings. The first-order chi connectivity index (χ1) is 10.5. The van der Waals surface area contributed by atoms with Gasteiger partial charge in [0.2, 0.25) is 5.91 Å². The Morgan fingerprint density at radius 1 is 0.957 bits per heavy atom. The highest BCUT2D eigenvalue weighted by atomic mass is 19.4. The summed E-state index contributed by atoms with van der Waals surface area (Å²) < 4.78 is 40.3. The fraction of sp³-hybridized carbons (Fsp3) is 0.278. The molecule has 2 N–H and O–H groups in total. The lowest BCUT2D eigenvalue weighted by Gasteiger charge is -2.22. The molecule has 0 aliphatic carbocycles. The lowest BCUT2D eigenvalue weighted by molar-refractivity contribution is -0.137. The molecule has 0 atom stereocenters. The fourth-order valence-electron chi connectivity index (χ4n) is 2.31. The van der Waals surface area contributed by atoms with E-state index in [1.807, 2.05) is 20.8 Å². The molecule has 0 saturated carbocycles. The van der Waals surface area contributed by atoms with E-state index in [0.29, 0.717) is 11.1 Å². The summed E-state index contributed by atoms with van der Waals surface area (Å²) in [4.78, 5) is 11.1. The van der Waals surface area contributed by atoms with E-state index in [9.17, 15) is 18.0 Å². The van der Waals surface area contributed by atoms with Crippen LogP contribution in [-0.4, -0.2) is 5.91 Å². The Bertz CT molecular complexity index is 725. The largest absolute Gasteiger partial charge is 0.417 e. The number of carbonyl (C=O) groups excluding carboxylic acids is 1. The number of hydrogen-bond donors (Lipinski definition) is 1. The topological polar surface area (TPSA) is 43.1 Å².